The number of oxazole rings is 1. The van der Waals surface area contributed by atoms with Crippen molar-refractivity contribution in [2.45, 2.75) is 0 Å². The summed E-state index contributed by atoms with van der Waals surface area (Å²) in [7, 11) is 3.03. The van der Waals surface area contributed by atoms with E-state index in [4.69, 9.17) is 13.9 Å². The first-order valence-electron chi connectivity index (χ1n) is 8.78. The van der Waals surface area contributed by atoms with Crippen molar-refractivity contribution in [2.75, 3.05) is 19.5 Å². The molecule has 4 rings (SSSR count). The number of nitrogens with zero attached hydrogens (tertiary/aromatic N) is 1. The molecule has 1 amide bonds. The molecular formula is C22H17IN2O4. The normalized spacial score (nSPS) is 10.7. The fourth-order valence-electron chi connectivity index (χ4n) is 3.02. The molecule has 7 heteroatoms. The van der Waals surface area contributed by atoms with Crippen molar-refractivity contribution in [1.29, 1.82) is 0 Å². The Morgan fingerprint density at radius 1 is 1.00 bits per heavy atom. The number of nitrogens with one attached hydrogen (secondary N) is 1. The van der Waals surface area contributed by atoms with E-state index in [0.29, 0.717) is 39.7 Å². The van der Waals surface area contributed by atoms with Crippen LogP contribution in [0.3, 0.4) is 0 Å². The van der Waals surface area contributed by atoms with Crippen LogP contribution in [0.4, 0.5) is 5.69 Å². The van der Waals surface area contributed by atoms with Crippen LogP contribution >= 0.6 is 22.6 Å². The first-order valence-corrected chi connectivity index (χ1v) is 9.86. The quantitative estimate of drug-likeness (QED) is 0.373. The zero-order valence-corrected chi connectivity index (χ0v) is 17.9. The monoisotopic (exact) mass is 500 g/mol. The molecule has 29 heavy (non-hydrogen) atoms. The van der Waals surface area contributed by atoms with Crippen molar-refractivity contribution in [2.24, 2.45) is 0 Å². The van der Waals surface area contributed by atoms with Gasteiger partial charge in [-0.1, -0.05) is 12.1 Å². The minimum atomic E-state index is -0.333. The smallest absolute Gasteiger partial charge is 0.263 e. The van der Waals surface area contributed by atoms with Crippen molar-refractivity contribution >= 4 is 45.3 Å². The largest absolute Gasteiger partial charge is 0.496 e. The molecule has 0 atom stereocenters. The van der Waals surface area contributed by atoms with Gasteiger partial charge in [-0.25, -0.2) is 4.98 Å². The highest BCUT2D eigenvalue weighted by Gasteiger charge is 2.19. The third-order valence-corrected chi connectivity index (χ3v) is 5.04. The van der Waals surface area contributed by atoms with E-state index in [1.807, 2.05) is 24.3 Å². The van der Waals surface area contributed by atoms with Crippen LogP contribution < -0.4 is 14.8 Å². The number of aromatic nitrogens is 1. The summed E-state index contributed by atoms with van der Waals surface area (Å²) in [5, 5.41) is 2.88. The van der Waals surface area contributed by atoms with Gasteiger partial charge in [0.05, 0.1) is 14.2 Å². The molecule has 1 aromatic heterocycles. The summed E-state index contributed by atoms with van der Waals surface area (Å²) in [6, 6.07) is 18.4. The number of hydrogen-bond donors (Lipinski definition) is 1. The van der Waals surface area contributed by atoms with Gasteiger partial charge in [0.1, 0.15) is 22.6 Å². The van der Waals surface area contributed by atoms with Gasteiger partial charge in [-0.3, -0.25) is 4.79 Å². The Labute approximate surface area is 181 Å². The lowest BCUT2D eigenvalue weighted by atomic mass is 10.1. The predicted molar refractivity (Wildman–Crippen MR) is 120 cm³/mol. The number of methoxy groups -OCH3 is 2. The number of rotatable bonds is 5. The second-order valence-electron chi connectivity index (χ2n) is 6.20. The molecule has 0 radical (unpaired) electrons. The van der Waals surface area contributed by atoms with Crippen LogP contribution in [-0.4, -0.2) is 25.1 Å². The average Bonchev–Trinajstić information content (AvgIpc) is 3.16. The molecule has 0 spiro atoms. The number of hydrogen-bond acceptors (Lipinski definition) is 5. The van der Waals surface area contributed by atoms with E-state index in [9.17, 15) is 4.79 Å². The fourth-order valence-corrected chi connectivity index (χ4v) is 3.56. The molecule has 0 bridgehead atoms. The molecule has 1 heterocycles. The second-order valence-corrected chi connectivity index (χ2v) is 7.45. The summed E-state index contributed by atoms with van der Waals surface area (Å²) in [6.45, 7) is 0. The number of halogens is 1. The Morgan fingerprint density at radius 2 is 1.72 bits per heavy atom. The van der Waals surface area contributed by atoms with Crippen LogP contribution in [0.1, 0.15) is 10.4 Å². The highest BCUT2D eigenvalue weighted by atomic mass is 127. The molecule has 4 aromatic rings. The first kappa shape index (κ1) is 19.3. The Balaban J connectivity index is 1.65. The van der Waals surface area contributed by atoms with E-state index in [1.165, 1.54) is 14.2 Å². The summed E-state index contributed by atoms with van der Waals surface area (Å²) in [6.07, 6.45) is 0. The van der Waals surface area contributed by atoms with Crippen LogP contribution in [-0.2, 0) is 0 Å². The zero-order chi connectivity index (χ0) is 20.4. The van der Waals surface area contributed by atoms with E-state index < -0.39 is 0 Å². The minimum Gasteiger partial charge on any atom is -0.496 e. The number of anilines is 1. The number of amides is 1. The molecule has 0 unspecified atom stereocenters. The van der Waals surface area contributed by atoms with Gasteiger partial charge in [0.2, 0.25) is 5.89 Å². The summed E-state index contributed by atoms with van der Waals surface area (Å²) >= 11 is 2.25. The average molecular weight is 500 g/mol. The minimum absolute atomic E-state index is 0.331. The van der Waals surface area contributed by atoms with Crippen LogP contribution in [0.25, 0.3) is 22.6 Å². The van der Waals surface area contributed by atoms with E-state index in [-0.39, 0.29) is 5.91 Å². The van der Waals surface area contributed by atoms with Crippen molar-refractivity contribution < 1.29 is 18.7 Å². The highest BCUT2D eigenvalue weighted by molar-refractivity contribution is 14.1. The predicted octanol–water partition coefficient (Wildman–Crippen LogP) is 5.37. The summed E-state index contributed by atoms with van der Waals surface area (Å²) < 4.78 is 17.6. The third-order valence-electron chi connectivity index (χ3n) is 4.37. The third kappa shape index (κ3) is 3.91. The Bertz CT molecular complexity index is 1180. The van der Waals surface area contributed by atoms with Crippen molar-refractivity contribution in [3.8, 4) is 23.0 Å². The maximum Gasteiger partial charge on any atom is 0.263 e. The van der Waals surface area contributed by atoms with Gasteiger partial charge in [0, 0.05) is 14.8 Å². The number of carbonyl (C=O) groups is 1. The molecule has 0 saturated carbocycles. The van der Waals surface area contributed by atoms with E-state index in [2.05, 4.69) is 32.9 Å². The molecule has 1 N–H and O–H groups in total. The molecule has 0 fully saturated rings. The van der Waals surface area contributed by atoms with Gasteiger partial charge in [-0.05, 0) is 71.1 Å². The van der Waals surface area contributed by atoms with Gasteiger partial charge >= 0.3 is 0 Å². The highest BCUT2D eigenvalue weighted by Crippen LogP contribution is 2.30. The van der Waals surface area contributed by atoms with E-state index in [1.54, 1.807) is 36.4 Å². The number of ether oxygens (including phenoxy) is 2. The zero-order valence-electron chi connectivity index (χ0n) is 15.7. The molecule has 3 aromatic carbocycles. The van der Waals surface area contributed by atoms with Gasteiger partial charge in [0.25, 0.3) is 5.91 Å². The van der Waals surface area contributed by atoms with E-state index in [0.717, 1.165) is 9.13 Å². The lowest BCUT2D eigenvalue weighted by molar-refractivity contribution is 0.102. The molecule has 146 valence electrons. The summed E-state index contributed by atoms with van der Waals surface area (Å²) in [5.41, 5.74) is 3.13. The van der Waals surface area contributed by atoms with Crippen LogP contribution in [0.15, 0.2) is 65.1 Å². The summed E-state index contributed by atoms with van der Waals surface area (Å²) in [5.74, 6) is 1.07. The maximum absolute atomic E-state index is 12.9. The van der Waals surface area contributed by atoms with Crippen molar-refractivity contribution in [3.05, 3.63) is 69.8 Å². The standard InChI is InChI=1S/C22H17IN2O4/c1-27-18-7-4-8-19(28-2)20(18)21(26)24-15-9-10-17-16(12-15)25-22(29-17)13-5-3-6-14(23)11-13/h3-12H,1-2H3,(H,24,26). The molecule has 0 aliphatic heterocycles. The maximum atomic E-state index is 12.9. The van der Waals surface area contributed by atoms with Gasteiger partial charge < -0.3 is 19.2 Å². The second kappa shape index (κ2) is 8.12. The Kier molecular flexibility index (Phi) is 5.39. The van der Waals surface area contributed by atoms with Crippen LogP contribution in [0.5, 0.6) is 11.5 Å². The molecule has 0 aliphatic rings. The van der Waals surface area contributed by atoms with Crippen molar-refractivity contribution in [3.63, 3.8) is 0 Å². The lowest BCUT2D eigenvalue weighted by Crippen LogP contribution is -2.14. The molecule has 0 saturated heterocycles. The first-order chi connectivity index (χ1) is 14.1. The molecular weight excluding hydrogens is 483 g/mol. The number of carbonyl (C=O) groups excluding carboxylic acids is 1. The molecule has 6 nitrogen and oxygen atoms in total. The van der Waals surface area contributed by atoms with Crippen LogP contribution in [0, 0.1) is 3.57 Å². The summed E-state index contributed by atoms with van der Waals surface area (Å²) in [4.78, 5) is 17.4. The Hall–Kier alpha value is -3.07. The van der Waals surface area contributed by atoms with Gasteiger partial charge in [-0.15, -0.1) is 0 Å². The lowest BCUT2D eigenvalue weighted by Gasteiger charge is -2.12. The van der Waals surface area contributed by atoms with Gasteiger partial charge in [-0.2, -0.15) is 0 Å². The topological polar surface area (TPSA) is 73.6 Å². The van der Waals surface area contributed by atoms with Crippen molar-refractivity contribution in [1.82, 2.24) is 4.98 Å². The molecule has 0 aliphatic carbocycles. The van der Waals surface area contributed by atoms with E-state index >= 15 is 0 Å². The fraction of sp³-hybridized carbons (Fsp3) is 0.0909. The van der Waals surface area contributed by atoms with Crippen LogP contribution in [0.2, 0.25) is 0 Å². The number of fused-ring (bicyclic) bond motifs is 1. The van der Waals surface area contributed by atoms with Gasteiger partial charge in [0.15, 0.2) is 5.58 Å². The number of benzene rings is 3. The Morgan fingerprint density at radius 3 is 2.41 bits per heavy atom. The SMILES string of the molecule is COc1cccc(OC)c1C(=O)Nc1ccc2oc(-c3cccc(I)c3)nc2c1.